The molecule has 4 aromatic rings. The van der Waals surface area contributed by atoms with Crippen molar-refractivity contribution in [2.24, 2.45) is 5.92 Å². The van der Waals surface area contributed by atoms with Gasteiger partial charge in [0.05, 0.1) is 24.8 Å². The number of hydrogen-bond acceptors (Lipinski definition) is 7. The van der Waals surface area contributed by atoms with Crippen LogP contribution in [0.3, 0.4) is 0 Å². The minimum absolute atomic E-state index is 0.0866. The zero-order valence-electron chi connectivity index (χ0n) is 28.1. The van der Waals surface area contributed by atoms with E-state index < -0.39 is 35.7 Å². The van der Waals surface area contributed by atoms with E-state index in [1.807, 2.05) is 99.6 Å². The van der Waals surface area contributed by atoms with E-state index in [4.69, 9.17) is 4.42 Å². The molecule has 1 fully saturated rings. The molecule has 1 aliphatic heterocycles. The lowest BCUT2D eigenvalue weighted by atomic mass is 9.91. The largest absolute Gasteiger partial charge is 0.460 e. The van der Waals surface area contributed by atoms with Crippen LogP contribution in [0.4, 0.5) is 0 Å². The lowest BCUT2D eigenvalue weighted by Gasteiger charge is -2.42. The quantitative estimate of drug-likeness (QED) is 0.192. The van der Waals surface area contributed by atoms with Gasteiger partial charge in [-0.25, -0.2) is 0 Å². The molecule has 1 unspecified atom stereocenters. The van der Waals surface area contributed by atoms with Gasteiger partial charge in [-0.05, 0) is 62.4 Å². The number of amides is 2. The summed E-state index contributed by atoms with van der Waals surface area (Å²) >= 11 is 0. The average molecular weight is 653 g/mol. The molecule has 4 N–H and O–H groups in total. The summed E-state index contributed by atoms with van der Waals surface area (Å²) in [4.78, 5) is 31.8. The molecule has 5 atom stereocenters. The van der Waals surface area contributed by atoms with Crippen LogP contribution in [-0.2, 0) is 29.0 Å². The highest BCUT2D eigenvalue weighted by molar-refractivity contribution is 5.83. The van der Waals surface area contributed by atoms with Gasteiger partial charge in [0, 0.05) is 49.4 Å². The van der Waals surface area contributed by atoms with Crippen LogP contribution in [0.15, 0.2) is 89.3 Å². The van der Waals surface area contributed by atoms with Crippen molar-refractivity contribution in [2.75, 3.05) is 26.2 Å². The standard InChI is InChI=1S/C39H48N4O5/c1-39(2,3)41-38(47)33-25-42(24-31-21-28-14-8-10-16-35(28)48-31)17-18-43(33)23-30(44)20-29(19-26-11-5-4-6-12-26)37(46)40-36-32-15-9-7-13-27(32)22-34(36)45/h4-16,21,29-30,33-34,36,44-45H,17-20,22-25H2,1-3H3,(H,40,46)(H,41,47)/t29-,30-,33-,34+,36?/m0/s1. The fourth-order valence-electron chi connectivity index (χ4n) is 7.15. The number of fused-ring (bicyclic) bond motifs is 2. The van der Waals surface area contributed by atoms with Crippen molar-refractivity contribution in [2.45, 2.75) is 76.4 Å². The predicted octanol–water partition coefficient (Wildman–Crippen LogP) is 4.22. The van der Waals surface area contributed by atoms with Crippen molar-refractivity contribution in [3.63, 3.8) is 0 Å². The first kappa shape index (κ1) is 33.9. The van der Waals surface area contributed by atoms with Crippen LogP contribution < -0.4 is 10.6 Å². The van der Waals surface area contributed by atoms with E-state index >= 15 is 0 Å². The van der Waals surface area contributed by atoms with E-state index in [-0.39, 0.29) is 24.8 Å². The van der Waals surface area contributed by atoms with E-state index in [1.54, 1.807) is 0 Å². The van der Waals surface area contributed by atoms with Crippen molar-refractivity contribution in [1.29, 1.82) is 0 Å². The average Bonchev–Trinajstić information content (AvgIpc) is 3.60. The fourth-order valence-corrected chi connectivity index (χ4v) is 7.15. The van der Waals surface area contributed by atoms with Gasteiger partial charge in [0.2, 0.25) is 11.8 Å². The van der Waals surface area contributed by atoms with Crippen LogP contribution in [0, 0.1) is 5.92 Å². The number of carbonyl (C=O) groups is 2. The van der Waals surface area contributed by atoms with Crippen molar-refractivity contribution in [1.82, 2.24) is 20.4 Å². The highest BCUT2D eigenvalue weighted by atomic mass is 16.3. The van der Waals surface area contributed by atoms with Crippen molar-refractivity contribution in [3.05, 3.63) is 107 Å². The maximum atomic E-state index is 13.9. The first-order chi connectivity index (χ1) is 23.0. The number of nitrogens with zero attached hydrogens (tertiary/aromatic N) is 2. The molecule has 9 heteroatoms. The highest BCUT2D eigenvalue weighted by Crippen LogP contribution is 2.32. The molecule has 6 rings (SSSR count). The molecule has 0 bridgehead atoms. The molecule has 0 radical (unpaired) electrons. The molecule has 254 valence electrons. The van der Waals surface area contributed by atoms with Gasteiger partial charge in [-0.1, -0.05) is 72.8 Å². The monoisotopic (exact) mass is 652 g/mol. The highest BCUT2D eigenvalue weighted by Gasteiger charge is 2.37. The third kappa shape index (κ3) is 8.33. The Balaban J connectivity index is 1.15. The van der Waals surface area contributed by atoms with E-state index in [0.717, 1.165) is 33.4 Å². The van der Waals surface area contributed by atoms with Crippen molar-refractivity contribution in [3.8, 4) is 0 Å². The number of aliphatic hydroxyl groups is 2. The van der Waals surface area contributed by atoms with E-state index in [1.165, 1.54) is 0 Å². The lowest BCUT2D eigenvalue weighted by Crippen LogP contribution is -2.61. The molecule has 3 aromatic carbocycles. The number of carbonyl (C=O) groups excluding carboxylic acids is 2. The lowest BCUT2D eigenvalue weighted by molar-refractivity contribution is -0.132. The molecule has 1 aromatic heterocycles. The first-order valence-corrected chi connectivity index (χ1v) is 17.1. The van der Waals surface area contributed by atoms with Gasteiger partial charge in [0.1, 0.15) is 17.4 Å². The number of piperazine rings is 1. The zero-order chi connectivity index (χ0) is 33.8. The van der Waals surface area contributed by atoms with Crippen molar-refractivity contribution < 1.29 is 24.2 Å². The van der Waals surface area contributed by atoms with Crippen LogP contribution in [0.1, 0.15) is 55.7 Å². The van der Waals surface area contributed by atoms with Gasteiger partial charge in [0.25, 0.3) is 0 Å². The summed E-state index contributed by atoms with van der Waals surface area (Å²) in [6.07, 6.45) is -0.387. The minimum Gasteiger partial charge on any atom is -0.460 e. The number of para-hydroxylation sites is 1. The number of rotatable bonds is 11. The predicted molar refractivity (Wildman–Crippen MR) is 186 cm³/mol. The van der Waals surface area contributed by atoms with Gasteiger partial charge in [-0.15, -0.1) is 0 Å². The maximum absolute atomic E-state index is 13.9. The van der Waals surface area contributed by atoms with Gasteiger partial charge in [-0.2, -0.15) is 0 Å². The van der Waals surface area contributed by atoms with Gasteiger partial charge in [0.15, 0.2) is 0 Å². The Kier molecular flexibility index (Phi) is 10.3. The minimum atomic E-state index is -0.850. The second kappa shape index (κ2) is 14.6. The molecule has 9 nitrogen and oxygen atoms in total. The Labute approximate surface area is 282 Å². The van der Waals surface area contributed by atoms with E-state index in [0.29, 0.717) is 39.0 Å². The van der Waals surface area contributed by atoms with Crippen LogP contribution in [0.25, 0.3) is 11.0 Å². The second-order valence-electron chi connectivity index (χ2n) is 14.5. The Morgan fingerprint density at radius 1 is 0.979 bits per heavy atom. The Morgan fingerprint density at radius 3 is 2.48 bits per heavy atom. The maximum Gasteiger partial charge on any atom is 0.239 e. The zero-order valence-corrected chi connectivity index (χ0v) is 28.1. The summed E-state index contributed by atoms with van der Waals surface area (Å²) in [5, 5.41) is 29.7. The molecule has 0 spiro atoms. The molecule has 0 saturated carbocycles. The summed E-state index contributed by atoms with van der Waals surface area (Å²) < 4.78 is 6.08. The summed E-state index contributed by atoms with van der Waals surface area (Å²) in [5.41, 5.74) is 3.40. The Hall–Kier alpha value is -4.02. The van der Waals surface area contributed by atoms with Crippen LogP contribution in [0.5, 0.6) is 0 Å². The third-order valence-corrected chi connectivity index (χ3v) is 9.43. The number of aliphatic hydroxyl groups excluding tert-OH is 2. The molecule has 2 heterocycles. The molecule has 48 heavy (non-hydrogen) atoms. The van der Waals surface area contributed by atoms with Crippen LogP contribution >= 0.6 is 0 Å². The van der Waals surface area contributed by atoms with E-state index in [2.05, 4.69) is 26.5 Å². The van der Waals surface area contributed by atoms with E-state index in [9.17, 15) is 19.8 Å². The molecule has 1 saturated heterocycles. The molecular formula is C39H48N4O5. The molecule has 2 amide bonds. The van der Waals surface area contributed by atoms with Crippen LogP contribution in [-0.4, -0.2) is 81.8 Å². The molecular weight excluding hydrogens is 604 g/mol. The van der Waals surface area contributed by atoms with Gasteiger partial charge in [-0.3, -0.25) is 19.4 Å². The summed E-state index contributed by atoms with van der Waals surface area (Å²) in [6.45, 7) is 8.51. The number of hydrogen-bond donors (Lipinski definition) is 4. The normalized spacial score (nSPS) is 21.5. The summed E-state index contributed by atoms with van der Waals surface area (Å²) in [5.74, 6) is 0.0378. The molecule has 1 aliphatic carbocycles. The Morgan fingerprint density at radius 2 is 1.71 bits per heavy atom. The van der Waals surface area contributed by atoms with Gasteiger partial charge >= 0.3 is 0 Å². The first-order valence-electron chi connectivity index (χ1n) is 17.1. The van der Waals surface area contributed by atoms with Crippen molar-refractivity contribution >= 4 is 22.8 Å². The molecule has 2 aliphatic rings. The second-order valence-corrected chi connectivity index (χ2v) is 14.5. The Bertz CT molecular complexity index is 1670. The summed E-state index contributed by atoms with van der Waals surface area (Å²) in [6, 6.07) is 26.6. The number of benzene rings is 3. The topological polar surface area (TPSA) is 118 Å². The number of furan rings is 1. The van der Waals surface area contributed by atoms with Gasteiger partial charge < -0.3 is 25.3 Å². The smallest absolute Gasteiger partial charge is 0.239 e. The number of nitrogens with one attached hydrogen (secondary N) is 2. The summed E-state index contributed by atoms with van der Waals surface area (Å²) in [7, 11) is 0. The number of β-amino-alcohol motifs (C(OH)–C–C–N with tert-alkyl or cyclic N) is 1. The SMILES string of the molecule is CC(C)(C)NC(=O)[C@@H]1CN(Cc2cc3ccccc3o2)CCN1C[C@@H](O)C[C@H](Cc1ccccc1)C(=O)NC1c2ccccc2C[C@H]1O. The fraction of sp³-hybridized carbons (Fsp3) is 0.436. The third-order valence-electron chi connectivity index (χ3n) is 9.43. The van der Waals surface area contributed by atoms with Crippen LogP contribution in [0.2, 0.25) is 0 Å².